The molecule has 0 aromatic heterocycles. The Bertz CT molecular complexity index is 1100. The lowest BCUT2D eigenvalue weighted by Gasteiger charge is -2.73. The SMILES string of the molecule is CO[C@]12C=C[C@@]3(CC1[C@](C)(O)C(C)(C)C)[C@H]1Cc4ccc(O)c5c4[C@@]3(CCN1CC1CC1)[C@H]2O5. The van der Waals surface area contributed by atoms with Gasteiger partial charge >= 0.3 is 0 Å². The van der Waals surface area contributed by atoms with Crippen LogP contribution < -0.4 is 4.74 Å². The van der Waals surface area contributed by atoms with Crippen LogP contribution in [0, 0.1) is 22.7 Å². The van der Waals surface area contributed by atoms with Gasteiger partial charge in [0.15, 0.2) is 11.5 Å². The lowest BCUT2D eigenvalue weighted by atomic mass is 9.35. The molecule has 8 rings (SSSR count). The number of piperidine rings is 1. The minimum atomic E-state index is -0.960. The van der Waals surface area contributed by atoms with Crippen LogP contribution in [0.3, 0.4) is 0 Å². The Morgan fingerprint density at radius 1 is 1.18 bits per heavy atom. The Balaban J connectivity index is 1.49. The summed E-state index contributed by atoms with van der Waals surface area (Å²) in [6.07, 6.45) is 10.0. The first-order valence-corrected chi connectivity index (χ1v) is 13.3. The van der Waals surface area contributed by atoms with E-state index in [9.17, 15) is 10.2 Å². The summed E-state index contributed by atoms with van der Waals surface area (Å²) in [6, 6.07) is 4.33. The van der Waals surface area contributed by atoms with Crippen molar-refractivity contribution in [1.82, 2.24) is 4.90 Å². The number of phenols is 1. The number of aromatic hydroxyl groups is 1. The zero-order valence-corrected chi connectivity index (χ0v) is 21.2. The minimum absolute atomic E-state index is 0.116. The molecule has 184 valence electrons. The molecule has 5 aliphatic carbocycles. The molecule has 0 amide bonds. The second-order valence-electron chi connectivity index (χ2n) is 13.4. The van der Waals surface area contributed by atoms with E-state index in [-0.39, 0.29) is 34.0 Å². The quantitative estimate of drug-likeness (QED) is 0.653. The molecule has 1 aromatic carbocycles. The van der Waals surface area contributed by atoms with Crippen LogP contribution in [0.5, 0.6) is 11.5 Å². The van der Waals surface area contributed by atoms with Crippen molar-refractivity contribution in [2.24, 2.45) is 22.7 Å². The summed E-state index contributed by atoms with van der Waals surface area (Å²) in [6.45, 7) is 10.6. The van der Waals surface area contributed by atoms with Crippen LogP contribution in [0.15, 0.2) is 24.3 Å². The number of likely N-dealkylation sites (tertiary alicyclic amines) is 1. The molecule has 1 saturated heterocycles. The average molecular weight is 466 g/mol. The van der Waals surface area contributed by atoms with Crippen LogP contribution in [-0.2, 0) is 16.6 Å². The summed E-state index contributed by atoms with van der Waals surface area (Å²) in [7, 11) is 1.78. The molecule has 5 nitrogen and oxygen atoms in total. The Morgan fingerprint density at radius 2 is 1.94 bits per heavy atom. The fourth-order valence-corrected chi connectivity index (χ4v) is 8.94. The first-order valence-electron chi connectivity index (χ1n) is 13.3. The molecule has 2 spiro atoms. The van der Waals surface area contributed by atoms with Gasteiger partial charge in [0.2, 0.25) is 0 Å². The van der Waals surface area contributed by atoms with Crippen LogP contribution in [0.2, 0.25) is 0 Å². The topological polar surface area (TPSA) is 62.2 Å². The number of ether oxygens (including phenoxy) is 2. The van der Waals surface area contributed by atoms with E-state index in [0.29, 0.717) is 11.8 Å². The van der Waals surface area contributed by atoms with E-state index < -0.39 is 11.2 Å². The standard InChI is InChI=1S/C29H39NO4/c1-25(2,3)26(4,32)20-15-27-10-11-29(20,33-5)24-28(27)12-13-30(16-17-6-7-17)21(27)14-18-8-9-19(31)23(34-24)22(18)28/h8-11,17,20-21,24,31-32H,6-7,12-16H2,1-5H3/t20?,21-,24-,26+,27-,28+,29-/m1/s1. The maximum atomic E-state index is 12.2. The van der Waals surface area contributed by atoms with Crippen molar-refractivity contribution >= 4 is 0 Å². The third-order valence-corrected chi connectivity index (χ3v) is 11.3. The number of benzene rings is 1. The zero-order valence-electron chi connectivity index (χ0n) is 21.2. The molecule has 1 unspecified atom stereocenters. The minimum Gasteiger partial charge on any atom is -0.504 e. The number of aliphatic hydroxyl groups is 1. The van der Waals surface area contributed by atoms with Crippen LogP contribution in [0.4, 0.5) is 0 Å². The Morgan fingerprint density at radius 3 is 2.62 bits per heavy atom. The third kappa shape index (κ3) is 2.20. The predicted molar refractivity (Wildman–Crippen MR) is 130 cm³/mol. The van der Waals surface area contributed by atoms with Gasteiger partial charge in [0.1, 0.15) is 11.7 Å². The summed E-state index contributed by atoms with van der Waals surface area (Å²) in [5.74, 6) is 1.62. The highest BCUT2D eigenvalue weighted by Crippen LogP contribution is 2.76. The molecule has 1 aromatic rings. The molecule has 0 radical (unpaired) electrons. The molecule has 2 N–H and O–H groups in total. The van der Waals surface area contributed by atoms with E-state index in [0.717, 1.165) is 31.7 Å². The predicted octanol–water partition coefficient (Wildman–Crippen LogP) is 4.19. The highest BCUT2D eigenvalue weighted by atomic mass is 16.6. The van der Waals surface area contributed by atoms with Crippen molar-refractivity contribution in [3.63, 3.8) is 0 Å². The monoisotopic (exact) mass is 465 g/mol. The molecule has 2 heterocycles. The number of rotatable bonds is 4. The van der Waals surface area contributed by atoms with Gasteiger partial charge in [-0.15, -0.1) is 0 Å². The van der Waals surface area contributed by atoms with Crippen molar-refractivity contribution in [2.45, 2.75) is 88.6 Å². The summed E-state index contributed by atoms with van der Waals surface area (Å²) >= 11 is 0. The molecule has 3 fully saturated rings. The van der Waals surface area contributed by atoms with Gasteiger partial charge in [-0.1, -0.05) is 39.0 Å². The van der Waals surface area contributed by atoms with Gasteiger partial charge in [-0.25, -0.2) is 0 Å². The first kappa shape index (κ1) is 21.7. The van der Waals surface area contributed by atoms with Crippen LogP contribution in [0.25, 0.3) is 0 Å². The van der Waals surface area contributed by atoms with E-state index in [1.54, 1.807) is 7.11 Å². The Labute approximate surface area is 203 Å². The zero-order chi connectivity index (χ0) is 23.9. The fourth-order valence-electron chi connectivity index (χ4n) is 8.94. The summed E-state index contributed by atoms with van der Waals surface area (Å²) in [5.41, 5.74) is 0.165. The van der Waals surface area contributed by atoms with Crippen molar-refractivity contribution in [1.29, 1.82) is 0 Å². The number of methoxy groups -OCH3 is 1. The van der Waals surface area contributed by atoms with Gasteiger partial charge < -0.3 is 19.7 Å². The van der Waals surface area contributed by atoms with Crippen LogP contribution in [0.1, 0.15) is 64.5 Å². The smallest absolute Gasteiger partial charge is 0.165 e. The molecule has 7 atom stereocenters. The molecular formula is C29H39NO4. The van der Waals surface area contributed by atoms with Gasteiger partial charge in [0.25, 0.3) is 0 Å². The maximum Gasteiger partial charge on any atom is 0.165 e. The molecule has 5 heteroatoms. The van der Waals surface area contributed by atoms with E-state index in [2.05, 4.69) is 43.9 Å². The molecular weight excluding hydrogens is 426 g/mol. The highest BCUT2D eigenvalue weighted by Gasteiger charge is 2.81. The highest BCUT2D eigenvalue weighted by molar-refractivity contribution is 5.65. The number of phenolic OH excluding ortho intramolecular Hbond substituents is 1. The number of fused-ring (bicyclic) bond motifs is 1. The summed E-state index contributed by atoms with van der Waals surface area (Å²) in [5, 5.41) is 23.1. The number of hydrogen-bond acceptors (Lipinski definition) is 5. The first-order chi connectivity index (χ1) is 16.0. The molecule has 2 saturated carbocycles. The lowest BCUT2D eigenvalue weighted by Crippen LogP contribution is -2.81. The van der Waals surface area contributed by atoms with Crippen molar-refractivity contribution < 1.29 is 19.7 Å². The maximum absolute atomic E-state index is 12.2. The van der Waals surface area contributed by atoms with Gasteiger partial charge in [-0.05, 0) is 68.5 Å². The Hall–Kier alpha value is -1.56. The molecule has 34 heavy (non-hydrogen) atoms. The van der Waals surface area contributed by atoms with Gasteiger partial charge in [0, 0.05) is 36.6 Å². The summed E-state index contributed by atoms with van der Waals surface area (Å²) in [4.78, 5) is 2.77. The summed E-state index contributed by atoms with van der Waals surface area (Å²) < 4.78 is 13.3. The average Bonchev–Trinajstić information content (AvgIpc) is 3.53. The Kier molecular flexibility index (Phi) is 3.97. The fraction of sp³-hybridized carbons (Fsp3) is 0.724. The molecule has 7 aliphatic rings. The van der Waals surface area contributed by atoms with Crippen LogP contribution >= 0.6 is 0 Å². The largest absolute Gasteiger partial charge is 0.504 e. The second kappa shape index (κ2) is 6.22. The normalized spacial score (nSPS) is 43.4. The van der Waals surface area contributed by atoms with Crippen LogP contribution in [-0.4, -0.2) is 58.7 Å². The molecule has 2 aliphatic heterocycles. The van der Waals surface area contributed by atoms with Gasteiger partial charge in [0.05, 0.1) is 11.0 Å². The molecule has 4 bridgehead atoms. The second-order valence-corrected chi connectivity index (χ2v) is 13.4. The van der Waals surface area contributed by atoms with Crippen molar-refractivity contribution in [3.05, 3.63) is 35.4 Å². The van der Waals surface area contributed by atoms with E-state index in [1.165, 1.54) is 30.5 Å². The van der Waals surface area contributed by atoms with Crippen molar-refractivity contribution in [3.8, 4) is 11.5 Å². The van der Waals surface area contributed by atoms with E-state index in [1.807, 2.05) is 13.0 Å². The van der Waals surface area contributed by atoms with Gasteiger partial charge in [-0.3, -0.25) is 4.90 Å². The lowest BCUT2D eigenvalue weighted by molar-refractivity contribution is -0.263. The van der Waals surface area contributed by atoms with Crippen molar-refractivity contribution in [2.75, 3.05) is 20.2 Å². The number of hydrogen-bond donors (Lipinski definition) is 2. The van der Waals surface area contributed by atoms with Gasteiger partial charge in [-0.2, -0.15) is 0 Å². The van der Waals surface area contributed by atoms with E-state index in [4.69, 9.17) is 9.47 Å². The van der Waals surface area contributed by atoms with E-state index >= 15 is 0 Å². The number of nitrogens with zero attached hydrogens (tertiary/aromatic N) is 1. The third-order valence-electron chi connectivity index (χ3n) is 11.3.